The van der Waals surface area contributed by atoms with Crippen molar-refractivity contribution < 1.29 is 13.2 Å². The molecule has 4 rings (SSSR count). The summed E-state index contributed by atoms with van der Waals surface area (Å²) in [4.78, 5) is 8.59. The standard InChI is InChI=1S/C20H17ClF3N3/c21-15-4-5-17-18(13-15)25-7-6-19(17)27-10-8-26(9-11-27)16-3-1-2-14(12-16)20(22,23)24/h1-7,12-13H,8-11H2. The van der Waals surface area contributed by atoms with Crippen LogP contribution in [-0.2, 0) is 6.18 Å². The largest absolute Gasteiger partial charge is 0.416 e. The minimum atomic E-state index is -4.32. The molecule has 0 N–H and O–H groups in total. The van der Waals surface area contributed by atoms with Crippen molar-refractivity contribution in [2.75, 3.05) is 36.0 Å². The molecule has 140 valence electrons. The van der Waals surface area contributed by atoms with Gasteiger partial charge in [0.2, 0.25) is 0 Å². The van der Waals surface area contributed by atoms with Crippen LogP contribution in [0.3, 0.4) is 0 Å². The molecule has 2 aromatic carbocycles. The molecule has 1 aromatic heterocycles. The van der Waals surface area contributed by atoms with E-state index in [2.05, 4.69) is 9.88 Å². The van der Waals surface area contributed by atoms with Gasteiger partial charge in [-0.3, -0.25) is 4.98 Å². The zero-order valence-electron chi connectivity index (χ0n) is 14.4. The molecule has 0 atom stereocenters. The number of alkyl halides is 3. The molecule has 0 bridgehead atoms. The predicted octanol–water partition coefficient (Wildman–Crippen LogP) is 5.23. The lowest BCUT2D eigenvalue weighted by Crippen LogP contribution is -2.46. The fourth-order valence-electron chi connectivity index (χ4n) is 3.47. The number of anilines is 2. The van der Waals surface area contributed by atoms with Crippen LogP contribution in [0.15, 0.2) is 54.7 Å². The summed E-state index contributed by atoms with van der Waals surface area (Å²) >= 11 is 6.05. The number of pyridine rings is 1. The van der Waals surface area contributed by atoms with Gasteiger partial charge in [0.05, 0.1) is 11.1 Å². The van der Waals surface area contributed by atoms with Crippen molar-refractivity contribution in [1.82, 2.24) is 4.98 Å². The Morgan fingerprint density at radius 2 is 1.63 bits per heavy atom. The lowest BCUT2D eigenvalue weighted by Gasteiger charge is -2.38. The van der Waals surface area contributed by atoms with Crippen LogP contribution in [0.5, 0.6) is 0 Å². The van der Waals surface area contributed by atoms with Gasteiger partial charge < -0.3 is 9.80 Å². The predicted molar refractivity (Wildman–Crippen MR) is 103 cm³/mol. The summed E-state index contributed by atoms with van der Waals surface area (Å²) in [6.07, 6.45) is -2.57. The van der Waals surface area contributed by atoms with Crippen LogP contribution in [0.2, 0.25) is 5.02 Å². The first-order valence-corrected chi connectivity index (χ1v) is 9.01. The summed E-state index contributed by atoms with van der Waals surface area (Å²) in [5.74, 6) is 0. The fourth-order valence-corrected chi connectivity index (χ4v) is 3.63. The summed E-state index contributed by atoms with van der Waals surface area (Å²) in [5, 5.41) is 1.66. The van der Waals surface area contributed by atoms with E-state index >= 15 is 0 Å². The lowest BCUT2D eigenvalue weighted by molar-refractivity contribution is -0.137. The highest BCUT2D eigenvalue weighted by atomic mass is 35.5. The van der Waals surface area contributed by atoms with Gasteiger partial charge in [0.15, 0.2) is 0 Å². The molecular formula is C20H17ClF3N3. The van der Waals surface area contributed by atoms with Crippen LogP contribution in [0.4, 0.5) is 24.5 Å². The number of aromatic nitrogens is 1. The second-order valence-corrected chi connectivity index (χ2v) is 6.95. The molecule has 7 heteroatoms. The van der Waals surface area contributed by atoms with Crippen molar-refractivity contribution in [3.63, 3.8) is 0 Å². The van der Waals surface area contributed by atoms with Crippen LogP contribution in [0.1, 0.15) is 5.56 Å². The molecule has 27 heavy (non-hydrogen) atoms. The quantitative estimate of drug-likeness (QED) is 0.596. The molecule has 0 amide bonds. The maximum absolute atomic E-state index is 13.0. The number of rotatable bonds is 2. The second kappa shape index (κ2) is 6.93. The molecule has 0 saturated carbocycles. The second-order valence-electron chi connectivity index (χ2n) is 6.51. The Bertz CT molecular complexity index is 966. The van der Waals surface area contributed by atoms with Crippen molar-refractivity contribution in [3.05, 3.63) is 65.3 Å². The maximum Gasteiger partial charge on any atom is 0.416 e. The number of hydrogen-bond donors (Lipinski definition) is 0. The highest BCUT2D eigenvalue weighted by Gasteiger charge is 2.31. The molecule has 1 saturated heterocycles. The third-order valence-electron chi connectivity index (χ3n) is 4.84. The highest BCUT2D eigenvalue weighted by Crippen LogP contribution is 2.33. The molecule has 3 nitrogen and oxygen atoms in total. The lowest BCUT2D eigenvalue weighted by atomic mass is 10.1. The van der Waals surface area contributed by atoms with Gasteiger partial charge in [-0.1, -0.05) is 17.7 Å². The molecule has 0 aliphatic carbocycles. The van der Waals surface area contributed by atoms with Crippen molar-refractivity contribution in [2.45, 2.75) is 6.18 Å². The van der Waals surface area contributed by atoms with Crippen molar-refractivity contribution in [3.8, 4) is 0 Å². The first-order chi connectivity index (χ1) is 12.9. The van der Waals surface area contributed by atoms with Crippen LogP contribution in [-0.4, -0.2) is 31.2 Å². The zero-order valence-corrected chi connectivity index (χ0v) is 15.1. The molecule has 0 spiro atoms. The number of halogens is 4. The zero-order chi connectivity index (χ0) is 19.0. The SMILES string of the molecule is FC(F)(F)c1cccc(N2CCN(c3ccnc4cc(Cl)ccc34)CC2)c1. The Morgan fingerprint density at radius 1 is 0.889 bits per heavy atom. The van der Waals surface area contributed by atoms with E-state index in [-0.39, 0.29) is 0 Å². The third kappa shape index (κ3) is 3.67. The Kier molecular flexibility index (Phi) is 4.60. The van der Waals surface area contributed by atoms with E-state index in [1.54, 1.807) is 12.3 Å². The normalized spacial score (nSPS) is 15.4. The van der Waals surface area contributed by atoms with Gasteiger partial charge in [0.25, 0.3) is 0 Å². The van der Waals surface area contributed by atoms with Gasteiger partial charge in [-0.2, -0.15) is 13.2 Å². The minimum absolute atomic E-state index is 0.607. The number of fused-ring (bicyclic) bond motifs is 1. The molecule has 0 unspecified atom stereocenters. The average molecular weight is 392 g/mol. The number of piperazine rings is 1. The first-order valence-electron chi connectivity index (χ1n) is 8.63. The molecule has 1 aliphatic heterocycles. The monoisotopic (exact) mass is 391 g/mol. The van der Waals surface area contributed by atoms with E-state index in [4.69, 9.17) is 11.6 Å². The van der Waals surface area contributed by atoms with Gasteiger partial charge in [-0.25, -0.2) is 0 Å². The topological polar surface area (TPSA) is 19.4 Å². The number of hydrogen-bond acceptors (Lipinski definition) is 3. The van der Waals surface area contributed by atoms with E-state index < -0.39 is 11.7 Å². The van der Waals surface area contributed by atoms with Gasteiger partial charge in [0, 0.05) is 54.2 Å². The van der Waals surface area contributed by atoms with Gasteiger partial charge >= 0.3 is 6.18 Å². The Hall–Kier alpha value is -2.47. The van der Waals surface area contributed by atoms with Crippen LogP contribution in [0.25, 0.3) is 10.9 Å². The summed E-state index contributed by atoms with van der Waals surface area (Å²) in [5.41, 5.74) is 1.90. The van der Waals surface area contributed by atoms with Gasteiger partial charge in [-0.15, -0.1) is 0 Å². The van der Waals surface area contributed by atoms with E-state index in [1.165, 1.54) is 12.1 Å². The molecule has 1 fully saturated rings. The molecule has 3 aromatic rings. The molecule has 1 aliphatic rings. The number of benzene rings is 2. The van der Waals surface area contributed by atoms with Crippen molar-refractivity contribution in [1.29, 1.82) is 0 Å². The van der Waals surface area contributed by atoms with E-state index in [1.807, 2.05) is 29.2 Å². The van der Waals surface area contributed by atoms with Crippen molar-refractivity contribution in [2.24, 2.45) is 0 Å². The highest BCUT2D eigenvalue weighted by molar-refractivity contribution is 6.31. The first kappa shape index (κ1) is 17.9. The van der Waals surface area contributed by atoms with Gasteiger partial charge in [0.1, 0.15) is 0 Å². The molecule has 0 radical (unpaired) electrons. The molecular weight excluding hydrogens is 375 g/mol. The smallest absolute Gasteiger partial charge is 0.368 e. The van der Waals surface area contributed by atoms with Crippen LogP contribution >= 0.6 is 11.6 Å². The fraction of sp³-hybridized carbons (Fsp3) is 0.250. The summed E-state index contributed by atoms with van der Waals surface area (Å²) in [6.45, 7) is 2.74. The molecule has 2 heterocycles. The van der Waals surface area contributed by atoms with Crippen LogP contribution in [0, 0.1) is 0 Å². The summed E-state index contributed by atoms with van der Waals surface area (Å²) in [6, 6.07) is 13.1. The third-order valence-corrected chi connectivity index (χ3v) is 5.08. The Labute approximate surface area is 160 Å². The Balaban J connectivity index is 1.53. The van der Waals surface area contributed by atoms with Crippen molar-refractivity contribution >= 4 is 33.9 Å². The van der Waals surface area contributed by atoms with E-state index in [0.717, 1.165) is 35.7 Å². The summed E-state index contributed by atoms with van der Waals surface area (Å²) < 4.78 is 38.9. The van der Waals surface area contributed by atoms with E-state index in [0.29, 0.717) is 23.8 Å². The summed E-state index contributed by atoms with van der Waals surface area (Å²) in [7, 11) is 0. The van der Waals surface area contributed by atoms with E-state index in [9.17, 15) is 13.2 Å². The maximum atomic E-state index is 13.0. The number of nitrogens with zero attached hydrogens (tertiary/aromatic N) is 3. The minimum Gasteiger partial charge on any atom is -0.368 e. The Morgan fingerprint density at radius 3 is 2.37 bits per heavy atom. The van der Waals surface area contributed by atoms with Gasteiger partial charge in [-0.05, 0) is 42.5 Å². The van der Waals surface area contributed by atoms with Crippen LogP contribution < -0.4 is 9.80 Å². The average Bonchev–Trinajstić information content (AvgIpc) is 2.67.